The largest absolute Gasteiger partial charge is 0.245 e. The van der Waals surface area contributed by atoms with Gasteiger partial charge in [-0.3, -0.25) is 0 Å². The summed E-state index contributed by atoms with van der Waals surface area (Å²) in [6.07, 6.45) is 4.43. The van der Waals surface area contributed by atoms with E-state index in [-0.39, 0.29) is 0 Å². The summed E-state index contributed by atoms with van der Waals surface area (Å²) in [4.78, 5) is 8.82. The van der Waals surface area contributed by atoms with Gasteiger partial charge < -0.3 is 0 Å². The minimum atomic E-state index is 0.559. The lowest BCUT2D eigenvalue weighted by Crippen LogP contribution is -2.05. The average molecular weight is 310 g/mol. The lowest BCUT2D eigenvalue weighted by Gasteiger charge is -2.07. The number of aryl methyl sites for hydroxylation is 3. The van der Waals surface area contributed by atoms with Gasteiger partial charge >= 0.3 is 0 Å². The maximum atomic E-state index is 4.45. The van der Waals surface area contributed by atoms with Gasteiger partial charge in [-0.2, -0.15) is 5.10 Å². The van der Waals surface area contributed by atoms with Crippen LogP contribution >= 0.6 is 0 Å². The van der Waals surface area contributed by atoms with Gasteiger partial charge in [0.1, 0.15) is 0 Å². The monoisotopic (exact) mass is 310 g/mol. The van der Waals surface area contributed by atoms with E-state index in [0.717, 1.165) is 35.5 Å². The number of nitrogens with zero attached hydrogens (tertiary/aromatic N) is 3. The number of anilines is 1. The third kappa shape index (κ3) is 5.16. The maximum Gasteiger partial charge on any atom is 0.243 e. The summed E-state index contributed by atoms with van der Waals surface area (Å²) in [6.45, 7) is 8.27. The fraction of sp³-hybridized carbons (Fsp3) is 0.421. The van der Waals surface area contributed by atoms with Crippen molar-refractivity contribution >= 4 is 11.7 Å². The number of rotatable bonds is 7. The van der Waals surface area contributed by atoms with Gasteiger partial charge in [-0.05, 0) is 56.4 Å². The van der Waals surface area contributed by atoms with E-state index in [1.165, 1.54) is 18.4 Å². The minimum absolute atomic E-state index is 0.559. The number of hydrazone groups is 1. The number of benzene rings is 1. The Morgan fingerprint density at radius 1 is 1.17 bits per heavy atom. The van der Waals surface area contributed by atoms with Crippen LogP contribution in [-0.2, 0) is 12.8 Å². The summed E-state index contributed by atoms with van der Waals surface area (Å²) in [6, 6.07) is 10.6. The van der Waals surface area contributed by atoms with Gasteiger partial charge in [-0.25, -0.2) is 15.4 Å². The summed E-state index contributed by atoms with van der Waals surface area (Å²) in [5, 5.41) is 4.44. The second-order valence-electron chi connectivity index (χ2n) is 5.79. The van der Waals surface area contributed by atoms with Gasteiger partial charge in [0, 0.05) is 11.4 Å². The molecule has 122 valence electrons. The van der Waals surface area contributed by atoms with Crippen molar-refractivity contribution in [2.75, 3.05) is 5.43 Å². The van der Waals surface area contributed by atoms with Crippen LogP contribution in [0.3, 0.4) is 0 Å². The zero-order valence-corrected chi connectivity index (χ0v) is 14.6. The molecule has 0 radical (unpaired) electrons. The van der Waals surface area contributed by atoms with Crippen LogP contribution in [0.25, 0.3) is 0 Å². The van der Waals surface area contributed by atoms with Crippen LogP contribution in [0.4, 0.5) is 5.95 Å². The number of hydrogen-bond acceptors (Lipinski definition) is 4. The van der Waals surface area contributed by atoms with E-state index in [9.17, 15) is 0 Å². The first kappa shape index (κ1) is 17.1. The molecule has 2 rings (SSSR count). The second kappa shape index (κ2) is 8.42. The van der Waals surface area contributed by atoms with E-state index in [1.54, 1.807) is 0 Å². The van der Waals surface area contributed by atoms with Gasteiger partial charge in [0.25, 0.3) is 0 Å². The first-order valence-corrected chi connectivity index (χ1v) is 8.36. The van der Waals surface area contributed by atoms with Gasteiger partial charge in [0.2, 0.25) is 5.95 Å². The predicted molar refractivity (Wildman–Crippen MR) is 97.0 cm³/mol. The Morgan fingerprint density at radius 3 is 2.74 bits per heavy atom. The van der Waals surface area contributed by atoms with Crippen LogP contribution < -0.4 is 5.43 Å². The molecule has 1 heterocycles. The van der Waals surface area contributed by atoms with E-state index >= 15 is 0 Å². The molecule has 0 saturated carbocycles. The van der Waals surface area contributed by atoms with Crippen LogP contribution in [-0.4, -0.2) is 15.7 Å². The molecular formula is C19H26N4. The molecule has 0 bridgehead atoms. The lowest BCUT2D eigenvalue weighted by molar-refractivity contribution is 0.795. The van der Waals surface area contributed by atoms with E-state index < -0.39 is 0 Å². The summed E-state index contributed by atoms with van der Waals surface area (Å²) in [7, 11) is 0. The molecular weight excluding hydrogens is 284 g/mol. The van der Waals surface area contributed by atoms with Crippen molar-refractivity contribution in [3.8, 4) is 0 Å². The molecule has 0 amide bonds. The number of nitrogens with one attached hydrogen (secondary N) is 1. The van der Waals surface area contributed by atoms with Crippen LogP contribution in [0, 0.1) is 6.92 Å². The van der Waals surface area contributed by atoms with Crippen molar-refractivity contribution in [2.24, 2.45) is 5.10 Å². The molecule has 2 aromatic rings. The summed E-state index contributed by atoms with van der Waals surface area (Å²) < 4.78 is 0. The Bertz CT molecular complexity index is 677. The van der Waals surface area contributed by atoms with Crippen LogP contribution in [0.5, 0.6) is 0 Å². The van der Waals surface area contributed by atoms with Crippen molar-refractivity contribution in [1.29, 1.82) is 0 Å². The zero-order chi connectivity index (χ0) is 16.7. The average Bonchev–Trinajstić information content (AvgIpc) is 2.57. The highest BCUT2D eigenvalue weighted by Crippen LogP contribution is 2.11. The Kier molecular flexibility index (Phi) is 6.27. The molecule has 0 spiro atoms. The third-order valence-electron chi connectivity index (χ3n) is 3.76. The van der Waals surface area contributed by atoms with Crippen LogP contribution in [0.1, 0.15) is 56.1 Å². The van der Waals surface area contributed by atoms with E-state index in [0.29, 0.717) is 5.95 Å². The van der Waals surface area contributed by atoms with Crippen molar-refractivity contribution < 1.29 is 0 Å². The normalized spacial score (nSPS) is 11.6. The van der Waals surface area contributed by atoms with Crippen molar-refractivity contribution in [1.82, 2.24) is 9.97 Å². The molecule has 4 heteroatoms. The number of hydrogen-bond donors (Lipinski definition) is 1. The summed E-state index contributed by atoms with van der Waals surface area (Å²) >= 11 is 0. The van der Waals surface area contributed by atoms with E-state index in [2.05, 4.69) is 58.6 Å². The highest BCUT2D eigenvalue weighted by atomic mass is 15.4. The van der Waals surface area contributed by atoms with Gasteiger partial charge in [-0.15, -0.1) is 0 Å². The third-order valence-corrected chi connectivity index (χ3v) is 3.76. The first-order chi connectivity index (χ1) is 11.1. The number of unbranched alkanes of at least 4 members (excludes halogenated alkanes) is 1. The van der Waals surface area contributed by atoms with Gasteiger partial charge in [0.05, 0.1) is 5.71 Å². The molecule has 4 nitrogen and oxygen atoms in total. The molecule has 1 aromatic carbocycles. The Hall–Kier alpha value is -2.23. The second-order valence-corrected chi connectivity index (χ2v) is 5.79. The smallest absolute Gasteiger partial charge is 0.243 e. The Morgan fingerprint density at radius 2 is 2.00 bits per heavy atom. The predicted octanol–water partition coefficient (Wildman–Crippen LogP) is 4.53. The van der Waals surface area contributed by atoms with Crippen LogP contribution in [0.2, 0.25) is 0 Å². The molecule has 0 fully saturated rings. The molecule has 0 aliphatic carbocycles. The maximum absolute atomic E-state index is 4.45. The fourth-order valence-electron chi connectivity index (χ4n) is 2.40. The van der Waals surface area contributed by atoms with Crippen molar-refractivity contribution in [3.05, 3.63) is 52.8 Å². The highest BCUT2D eigenvalue weighted by Gasteiger charge is 2.02. The van der Waals surface area contributed by atoms with E-state index in [1.807, 2.05) is 19.9 Å². The minimum Gasteiger partial charge on any atom is -0.245 e. The lowest BCUT2D eigenvalue weighted by atomic mass is 10.0. The molecule has 0 unspecified atom stereocenters. The number of aromatic nitrogens is 2. The topological polar surface area (TPSA) is 50.2 Å². The molecule has 0 aliphatic heterocycles. The fourth-order valence-corrected chi connectivity index (χ4v) is 2.40. The Balaban J connectivity index is 2.12. The zero-order valence-electron chi connectivity index (χ0n) is 14.6. The first-order valence-electron chi connectivity index (χ1n) is 8.36. The van der Waals surface area contributed by atoms with E-state index in [4.69, 9.17) is 0 Å². The Labute approximate surface area is 139 Å². The summed E-state index contributed by atoms with van der Waals surface area (Å²) in [5.41, 5.74) is 8.39. The standard InChI is InChI=1S/C19H26N4/c1-5-7-9-16-10-8-11-17(13-16)15(4)22-23-19-20-14(3)12-18(6-2)21-19/h8,10-13H,5-7,9H2,1-4H3,(H,20,21,23). The molecule has 0 atom stereocenters. The molecule has 0 aliphatic rings. The van der Waals surface area contributed by atoms with Gasteiger partial charge in [0.15, 0.2) is 0 Å². The SMILES string of the molecule is CCCCc1cccc(C(C)=NNc2nc(C)cc(CC)n2)c1. The molecule has 1 N–H and O–H groups in total. The van der Waals surface area contributed by atoms with Crippen molar-refractivity contribution in [3.63, 3.8) is 0 Å². The van der Waals surface area contributed by atoms with Crippen LogP contribution in [0.15, 0.2) is 35.4 Å². The molecule has 1 aromatic heterocycles. The van der Waals surface area contributed by atoms with Gasteiger partial charge in [-0.1, -0.05) is 38.5 Å². The highest BCUT2D eigenvalue weighted by molar-refractivity contribution is 5.99. The molecule has 0 saturated heterocycles. The van der Waals surface area contributed by atoms with Crippen molar-refractivity contribution in [2.45, 2.75) is 53.4 Å². The quantitative estimate of drug-likeness (QED) is 0.604. The molecule has 23 heavy (non-hydrogen) atoms. The summed E-state index contributed by atoms with van der Waals surface area (Å²) in [5.74, 6) is 0.559.